The minimum atomic E-state index is -1.88. The van der Waals surface area contributed by atoms with Crippen LogP contribution in [0.2, 0.25) is 39.3 Å². The predicted octanol–water partition coefficient (Wildman–Crippen LogP) is 12.0. The van der Waals surface area contributed by atoms with Crippen molar-refractivity contribution in [3.8, 4) is 50.6 Å². The Morgan fingerprint density at radius 3 is 1.86 bits per heavy atom. The molecule has 7 heteroatoms. The molecule has 0 radical (unpaired) electrons. The second kappa shape index (κ2) is 14.9. The van der Waals surface area contributed by atoms with Gasteiger partial charge in [0.2, 0.25) is 29.0 Å². The van der Waals surface area contributed by atoms with Gasteiger partial charge in [-0.05, 0) is 74.2 Å². The van der Waals surface area contributed by atoms with Crippen LogP contribution in [0.5, 0.6) is 0 Å². The number of furan rings is 1. The first kappa shape index (κ1) is 40.8. The van der Waals surface area contributed by atoms with Gasteiger partial charge in [0.15, 0.2) is 18.2 Å². The Bertz CT molecular complexity index is 3310. The van der Waals surface area contributed by atoms with E-state index in [1.807, 2.05) is 12.1 Å². The van der Waals surface area contributed by atoms with Crippen LogP contribution in [-0.2, 0) is 0 Å². The largest absolute Gasteiger partial charge is 0.455 e. The first-order valence-electron chi connectivity index (χ1n) is 22.1. The summed E-state index contributed by atoms with van der Waals surface area (Å²) in [4.78, 5) is 0. The maximum absolute atomic E-state index is 17.9. The van der Waals surface area contributed by atoms with Crippen LogP contribution < -0.4 is 24.1 Å². The van der Waals surface area contributed by atoms with E-state index in [0.29, 0.717) is 5.56 Å². The molecular weight excluding hydrogens is 806 g/mol. The molecule has 1 unspecified atom stereocenters. The van der Waals surface area contributed by atoms with Gasteiger partial charge in [-0.1, -0.05) is 124 Å². The quantitative estimate of drug-likeness (QED) is 0.125. The van der Waals surface area contributed by atoms with E-state index in [9.17, 15) is 0 Å². The van der Waals surface area contributed by atoms with Gasteiger partial charge in [0.25, 0.3) is 0 Å². The Hall–Kier alpha value is -6.29. The number of hydrogen-bond acceptors (Lipinski definition) is 1. The highest BCUT2D eigenvalue weighted by atomic mass is 28.3. The van der Waals surface area contributed by atoms with E-state index in [4.69, 9.17) is 4.42 Å². The SMILES string of the molecule is Cc1cc(C)c(-c2cc(-c3c(C)ccc4c3oc3ccccc34)[n+](C3c4ccccc4-c4ccc([Si](C)(C)C)c[n+]4-c4ccccc4-c4ccc([Si](C)(C)C)c[n+]43)cc2F)c(C)c1. The third-order valence-corrected chi connectivity index (χ3v) is 17.2. The molecule has 0 aliphatic carbocycles. The zero-order valence-electron chi connectivity index (χ0n) is 38.1. The summed E-state index contributed by atoms with van der Waals surface area (Å²) >= 11 is 0. The molecule has 1 atom stereocenters. The molecule has 0 saturated carbocycles. The summed E-state index contributed by atoms with van der Waals surface area (Å²) in [6, 6.07) is 45.9. The molecule has 0 N–H and O–H groups in total. The van der Waals surface area contributed by atoms with Gasteiger partial charge in [0, 0.05) is 51.0 Å². The molecule has 4 aromatic heterocycles. The number of benzene rings is 5. The van der Waals surface area contributed by atoms with E-state index in [2.05, 4.69) is 208 Å². The third kappa shape index (κ3) is 6.80. The Morgan fingerprint density at radius 2 is 1.13 bits per heavy atom. The van der Waals surface area contributed by atoms with Crippen molar-refractivity contribution in [2.45, 2.75) is 73.1 Å². The molecule has 1 aliphatic heterocycles. The van der Waals surface area contributed by atoms with Crippen molar-refractivity contribution in [3.05, 3.63) is 180 Å². The van der Waals surface area contributed by atoms with Crippen LogP contribution in [-0.4, -0.2) is 16.1 Å². The molecule has 10 rings (SSSR count). The standard InChI is InChI=1S/C56H55FN3OSi2/c1-35-29-37(3)53(38(4)30-35)46-31-51(54-36(2)23-26-43-42-18-14-16-22-52(42)61-55(43)54)60(34-47(46)57)56-44-19-12-11-17-41(44)49-27-24-39(62(5,6)7)32-58(49)48-21-15-13-20-45(48)50-28-25-40(33-59(50)56)63(8,9)10/h11-34,56H,1-10H3/q+3. The molecule has 0 spiro atoms. The summed E-state index contributed by atoms with van der Waals surface area (Å²) in [5, 5.41) is 4.79. The summed E-state index contributed by atoms with van der Waals surface area (Å²) in [6.45, 7) is 22.9. The van der Waals surface area contributed by atoms with E-state index >= 15 is 4.39 Å². The smallest absolute Gasteiger partial charge is 0.381 e. The van der Waals surface area contributed by atoms with Gasteiger partial charge >= 0.3 is 6.17 Å². The Balaban J connectivity index is 1.40. The number of rotatable bonds is 5. The van der Waals surface area contributed by atoms with E-state index in [0.717, 1.165) is 94.8 Å². The minimum Gasteiger partial charge on any atom is -0.455 e. The highest BCUT2D eigenvalue weighted by Crippen LogP contribution is 2.41. The number of hydrogen-bond donors (Lipinski definition) is 0. The predicted molar refractivity (Wildman–Crippen MR) is 262 cm³/mol. The fourth-order valence-electron chi connectivity index (χ4n) is 9.99. The topological polar surface area (TPSA) is 24.8 Å². The van der Waals surface area contributed by atoms with E-state index < -0.39 is 22.3 Å². The van der Waals surface area contributed by atoms with Gasteiger partial charge < -0.3 is 4.42 Å². The normalized spacial score (nSPS) is 13.8. The van der Waals surface area contributed by atoms with Crippen LogP contribution >= 0.6 is 0 Å². The number of pyridine rings is 3. The van der Waals surface area contributed by atoms with Crippen LogP contribution in [0, 0.1) is 33.5 Å². The first-order valence-corrected chi connectivity index (χ1v) is 29.1. The van der Waals surface area contributed by atoms with Crippen molar-refractivity contribution >= 4 is 48.5 Å². The monoisotopic (exact) mass is 860 g/mol. The van der Waals surface area contributed by atoms with Gasteiger partial charge in [0.1, 0.15) is 22.3 Å². The number of halogens is 1. The van der Waals surface area contributed by atoms with Crippen LogP contribution in [0.4, 0.5) is 4.39 Å². The number of para-hydroxylation sites is 2. The maximum Gasteiger partial charge on any atom is 0.381 e. The molecule has 5 heterocycles. The van der Waals surface area contributed by atoms with Gasteiger partial charge in [-0.2, -0.15) is 8.96 Å². The average Bonchev–Trinajstić information content (AvgIpc) is 3.63. The molecule has 5 aromatic carbocycles. The summed E-state index contributed by atoms with van der Waals surface area (Å²) in [5.74, 6) is -0.279. The third-order valence-electron chi connectivity index (χ3n) is 13.2. The number of aromatic nitrogens is 3. The zero-order valence-corrected chi connectivity index (χ0v) is 40.1. The second-order valence-electron chi connectivity index (χ2n) is 19.7. The molecule has 312 valence electrons. The van der Waals surface area contributed by atoms with Crippen molar-refractivity contribution in [2.75, 3.05) is 0 Å². The molecule has 4 nitrogen and oxygen atoms in total. The Kier molecular flexibility index (Phi) is 9.66. The number of aryl methyl sites for hydroxylation is 4. The Labute approximate surface area is 372 Å². The van der Waals surface area contributed by atoms with Crippen molar-refractivity contribution in [1.82, 2.24) is 0 Å². The zero-order chi connectivity index (χ0) is 44.1. The van der Waals surface area contributed by atoms with E-state index in [1.165, 1.54) is 10.4 Å². The van der Waals surface area contributed by atoms with Crippen LogP contribution in [0.1, 0.15) is 34.0 Å². The summed E-state index contributed by atoms with van der Waals surface area (Å²) in [6.07, 6.45) is 6.00. The lowest BCUT2D eigenvalue weighted by atomic mass is 9.91. The van der Waals surface area contributed by atoms with Gasteiger partial charge in [-0.3, -0.25) is 0 Å². The van der Waals surface area contributed by atoms with Crippen molar-refractivity contribution in [3.63, 3.8) is 0 Å². The minimum absolute atomic E-state index is 0.279. The summed E-state index contributed by atoms with van der Waals surface area (Å²) in [7, 11) is -3.61. The molecule has 0 saturated heterocycles. The lowest BCUT2D eigenvalue weighted by Gasteiger charge is -2.20. The number of nitrogens with zero attached hydrogens (tertiary/aromatic N) is 3. The lowest BCUT2D eigenvalue weighted by Crippen LogP contribution is -2.61. The fourth-order valence-corrected chi connectivity index (χ4v) is 12.2. The van der Waals surface area contributed by atoms with Crippen LogP contribution in [0.15, 0.2) is 150 Å². The van der Waals surface area contributed by atoms with Gasteiger partial charge in [0.05, 0.1) is 27.3 Å². The fraction of sp³-hybridized carbons (Fsp3) is 0.196. The first-order chi connectivity index (χ1) is 30.1. The summed E-state index contributed by atoms with van der Waals surface area (Å²) < 4.78 is 31.9. The van der Waals surface area contributed by atoms with Crippen LogP contribution in [0.3, 0.4) is 0 Å². The molecular formula is C56H55FN3OSi2+3. The van der Waals surface area contributed by atoms with E-state index in [-0.39, 0.29) is 5.82 Å². The van der Waals surface area contributed by atoms with Crippen molar-refractivity contribution in [2.24, 2.45) is 0 Å². The van der Waals surface area contributed by atoms with Crippen molar-refractivity contribution < 1.29 is 22.5 Å². The van der Waals surface area contributed by atoms with E-state index in [1.54, 1.807) is 6.20 Å². The second-order valence-corrected chi connectivity index (χ2v) is 29.8. The van der Waals surface area contributed by atoms with Crippen LogP contribution in [0.25, 0.3) is 72.5 Å². The van der Waals surface area contributed by atoms with Gasteiger partial charge in [-0.15, -0.1) is 9.13 Å². The molecule has 0 amide bonds. The highest BCUT2D eigenvalue weighted by Gasteiger charge is 2.44. The van der Waals surface area contributed by atoms with Gasteiger partial charge in [-0.25, -0.2) is 0 Å². The maximum atomic E-state index is 17.9. The molecule has 0 fully saturated rings. The molecule has 0 bridgehead atoms. The number of fused-ring (bicyclic) bond motifs is 10. The lowest BCUT2D eigenvalue weighted by molar-refractivity contribution is -0.924. The molecule has 63 heavy (non-hydrogen) atoms. The average molecular weight is 861 g/mol. The van der Waals surface area contributed by atoms with Crippen molar-refractivity contribution in [1.29, 1.82) is 0 Å². The summed E-state index contributed by atoms with van der Waals surface area (Å²) in [5.41, 5.74) is 15.7. The molecule has 1 aliphatic rings. The molecule has 9 aromatic rings. The Morgan fingerprint density at radius 1 is 0.508 bits per heavy atom. The highest BCUT2D eigenvalue weighted by molar-refractivity contribution is 6.89.